The smallest absolute Gasteiger partial charge is 0.408 e. The van der Waals surface area contributed by atoms with Gasteiger partial charge in [-0.15, -0.1) is 0 Å². The van der Waals surface area contributed by atoms with Gasteiger partial charge in [-0.25, -0.2) is 19.2 Å². The molecule has 0 aliphatic heterocycles. The Morgan fingerprint density at radius 2 is 1.84 bits per heavy atom. The van der Waals surface area contributed by atoms with Crippen LogP contribution in [0.4, 0.5) is 15.0 Å². The van der Waals surface area contributed by atoms with Gasteiger partial charge in [-0.1, -0.05) is 0 Å². The van der Waals surface area contributed by atoms with Crippen molar-refractivity contribution >= 4 is 40.5 Å². The normalized spacial score (nSPS) is 15.0. The third-order valence-corrected chi connectivity index (χ3v) is 5.62. The largest absolute Gasteiger partial charge is 0.465 e. The molecule has 1 aliphatic carbocycles. The van der Waals surface area contributed by atoms with Crippen LogP contribution in [-0.4, -0.2) is 57.9 Å². The molecule has 1 aliphatic rings. The van der Waals surface area contributed by atoms with E-state index in [1.54, 1.807) is 34.6 Å². The number of hydrogen-bond acceptors (Lipinski definition) is 9. The molecule has 3 rings (SSSR count). The van der Waals surface area contributed by atoms with Gasteiger partial charge in [0.1, 0.15) is 28.7 Å². The molecule has 1 aromatic carbocycles. The fourth-order valence-corrected chi connectivity index (χ4v) is 3.70. The van der Waals surface area contributed by atoms with E-state index >= 15 is 0 Å². The lowest BCUT2D eigenvalue weighted by atomic mass is 9.90. The molecule has 200 valence electrons. The Bertz CT molecular complexity index is 1220. The number of Topliss-reactive ketones (excluding diaryl/α,β-unsaturated/α-hetero) is 2. The van der Waals surface area contributed by atoms with Gasteiger partial charge >= 0.3 is 12.1 Å². The highest BCUT2D eigenvalue weighted by atomic mass is 19.1. The van der Waals surface area contributed by atoms with E-state index in [1.807, 2.05) is 0 Å². The molecule has 2 N–H and O–H groups in total. The van der Waals surface area contributed by atoms with Gasteiger partial charge in [0.2, 0.25) is 0 Å². The number of carbonyl (C=O) groups excluding carboxylic acids is 4. The van der Waals surface area contributed by atoms with Crippen LogP contribution in [0.3, 0.4) is 0 Å². The standard InChI is InChI=1S/C26H33FN4O6/c1-7-36-24(34)16(22(33)13(2)29-25(35)37-26(4,5)6)12-19(32)20-17(27)10-11-18-21(20)31-23(14(3)28-18)30-15-8-9-15/h10-11,13,15-16H,7-9,12H2,1-6H3,(H,29,35)(H,30,31). The van der Waals surface area contributed by atoms with Gasteiger partial charge in [0.15, 0.2) is 11.6 Å². The fraction of sp³-hybridized carbons (Fsp3) is 0.538. The summed E-state index contributed by atoms with van der Waals surface area (Å²) in [5, 5.41) is 5.59. The second-order valence-electron chi connectivity index (χ2n) is 10.1. The van der Waals surface area contributed by atoms with Crippen LogP contribution in [0.25, 0.3) is 11.0 Å². The van der Waals surface area contributed by atoms with Gasteiger partial charge in [-0.3, -0.25) is 14.4 Å². The Morgan fingerprint density at radius 1 is 1.16 bits per heavy atom. The summed E-state index contributed by atoms with van der Waals surface area (Å²) in [6.45, 7) is 9.63. The van der Waals surface area contributed by atoms with E-state index in [0.29, 0.717) is 17.0 Å². The van der Waals surface area contributed by atoms with Gasteiger partial charge in [-0.05, 0) is 66.5 Å². The Hall–Kier alpha value is -3.63. The number of anilines is 1. The fourth-order valence-electron chi connectivity index (χ4n) is 3.70. The van der Waals surface area contributed by atoms with E-state index < -0.39 is 53.4 Å². The second-order valence-corrected chi connectivity index (χ2v) is 10.1. The molecule has 1 heterocycles. The van der Waals surface area contributed by atoms with Crippen molar-refractivity contribution in [1.29, 1.82) is 0 Å². The maximum atomic E-state index is 15.0. The van der Waals surface area contributed by atoms with Crippen molar-refractivity contribution in [2.45, 2.75) is 78.5 Å². The zero-order valence-electron chi connectivity index (χ0n) is 21.9. The highest BCUT2D eigenvalue weighted by Crippen LogP contribution is 2.29. The van der Waals surface area contributed by atoms with E-state index in [9.17, 15) is 23.6 Å². The van der Waals surface area contributed by atoms with E-state index in [1.165, 1.54) is 13.0 Å². The number of nitrogens with one attached hydrogen (secondary N) is 2. The van der Waals surface area contributed by atoms with Crippen molar-refractivity contribution in [3.8, 4) is 0 Å². The molecule has 0 bridgehead atoms. The van der Waals surface area contributed by atoms with Crippen LogP contribution in [0.15, 0.2) is 12.1 Å². The van der Waals surface area contributed by atoms with Crippen molar-refractivity contribution in [3.05, 3.63) is 29.2 Å². The van der Waals surface area contributed by atoms with Crippen LogP contribution >= 0.6 is 0 Å². The number of aromatic nitrogens is 2. The number of esters is 1. The lowest BCUT2D eigenvalue weighted by Gasteiger charge is -2.23. The van der Waals surface area contributed by atoms with Crippen molar-refractivity contribution < 1.29 is 33.0 Å². The number of rotatable bonds is 10. The first-order valence-electron chi connectivity index (χ1n) is 12.3. The highest BCUT2D eigenvalue weighted by Gasteiger charge is 2.36. The number of nitrogens with zero attached hydrogens (tertiary/aromatic N) is 2. The van der Waals surface area contributed by atoms with E-state index in [2.05, 4.69) is 20.6 Å². The Kier molecular flexibility index (Phi) is 8.45. The molecule has 10 nitrogen and oxygen atoms in total. The molecule has 1 saturated carbocycles. The minimum Gasteiger partial charge on any atom is -0.465 e. The van der Waals surface area contributed by atoms with Crippen molar-refractivity contribution in [3.63, 3.8) is 0 Å². The number of aryl methyl sites for hydroxylation is 1. The molecular formula is C26H33FN4O6. The zero-order valence-corrected chi connectivity index (χ0v) is 21.9. The summed E-state index contributed by atoms with van der Waals surface area (Å²) in [4.78, 5) is 60.2. The summed E-state index contributed by atoms with van der Waals surface area (Å²) in [6.07, 6.45) is 0.429. The number of alkyl carbamates (subject to hydrolysis) is 1. The molecule has 0 radical (unpaired) electrons. The van der Waals surface area contributed by atoms with E-state index in [4.69, 9.17) is 9.47 Å². The Balaban J connectivity index is 1.90. The number of amides is 1. The predicted octanol–water partition coefficient (Wildman–Crippen LogP) is 3.89. The van der Waals surface area contributed by atoms with Crippen LogP contribution in [0.5, 0.6) is 0 Å². The van der Waals surface area contributed by atoms with Crippen LogP contribution in [0, 0.1) is 18.7 Å². The van der Waals surface area contributed by atoms with Crippen molar-refractivity contribution in [2.24, 2.45) is 5.92 Å². The van der Waals surface area contributed by atoms with E-state index in [0.717, 1.165) is 18.9 Å². The summed E-state index contributed by atoms with van der Waals surface area (Å²) in [7, 11) is 0. The number of carbonyl (C=O) groups is 4. The first kappa shape index (κ1) is 27.9. The molecular weight excluding hydrogens is 483 g/mol. The molecule has 0 spiro atoms. The number of ether oxygens (including phenoxy) is 2. The Labute approximate surface area is 214 Å². The third-order valence-electron chi connectivity index (χ3n) is 5.62. The summed E-state index contributed by atoms with van der Waals surface area (Å²) in [5.41, 5.74) is -0.219. The van der Waals surface area contributed by atoms with E-state index in [-0.39, 0.29) is 23.7 Å². The first-order valence-corrected chi connectivity index (χ1v) is 12.3. The highest BCUT2D eigenvalue weighted by molar-refractivity contribution is 6.12. The van der Waals surface area contributed by atoms with Gasteiger partial charge in [0.25, 0.3) is 0 Å². The first-order chi connectivity index (χ1) is 17.3. The van der Waals surface area contributed by atoms with Gasteiger partial charge in [-0.2, -0.15) is 0 Å². The van der Waals surface area contributed by atoms with Crippen LogP contribution < -0.4 is 10.6 Å². The molecule has 2 unspecified atom stereocenters. The maximum absolute atomic E-state index is 15.0. The number of benzene rings is 1. The maximum Gasteiger partial charge on any atom is 0.408 e. The average molecular weight is 517 g/mol. The molecule has 1 aromatic heterocycles. The minimum absolute atomic E-state index is 0.0335. The van der Waals surface area contributed by atoms with Gasteiger partial charge < -0.3 is 20.1 Å². The van der Waals surface area contributed by atoms with Crippen LogP contribution in [-0.2, 0) is 19.1 Å². The second kappa shape index (κ2) is 11.2. The summed E-state index contributed by atoms with van der Waals surface area (Å²) in [5.74, 6) is -4.50. The molecule has 2 atom stereocenters. The monoisotopic (exact) mass is 516 g/mol. The van der Waals surface area contributed by atoms with Crippen LogP contribution in [0.1, 0.15) is 69.9 Å². The number of ketones is 2. The molecule has 11 heteroatoms. The topological polar surface area (TPSA) is 137 Å². The average Bonchev–Trinajstić information content (AvgIpc) is 3.60. The number of halogens is 1. The van der Waals surface area contributed by atoms with Crippen molar-refractivity contribution in [2.75, 3.05) is 11.9 Å². The summed E-state index contributed by atoms with van der Waals surface area (Å²) in [6, 6.07) is 1.60. The van der Waals surface area contributed by atoms with Gasteiger partial charge in [0.05, 0.1) is 29.4 Å². The lowest BCUT2D eigenvalue weighted by Crippen LogP contribution is -2.46. The molecule has 1 fully saturated rings. The zero-order chi connectivity index (χ0) is 27.5. The third kappa shape index (κ3) is 7.21. The number of hydrogen-bond donors (Lipinski definition) is 2. The molecule has 2 aromatic rings. The minimum atomic E-state index is -1.57. The van der Waals surface area contributed by atoms with Crippen molar-refractivity contribution in [1.82, 2.24) is 15.3 Å². The SMILES string of the molecule is CCOC(=O)C(CC(=O)c1c(F)ccc2nc(C)c(NC3CC3)nc12)C(=O)C(C)NC(=O)OC(C)(C)C. The molecule has 37 heavy (non-hydrogen) atoms. The lowest BCUT2D eigenvalue weighted by molar-refractivity contribution is -0.152. The quantitative estimate of drug-likeness (QED) is 0.274. The molecule has 1 amide bonds. The van der Waals surface area contributed by atoms with Gasteiger partial charge in [0, 0.05) is 12.5 Å². The molecule has 0 saturated heterocycles. The summed E-state index contributed by atoms with van der Waals surface area (Å²) >= 11 is 0. The predicted molar refractivity (Wildman–Crippen MR) is 134 cm³/mol. The Morgan fingerprint density at radius 3 is 2.43 bits per heavy atom. The van der Waals surface area contributed by atoms with Crippen LogP contribution in [0.2, 0.25) is 0 Å². The number of fused-ring (bicyclic) bond motifs is 1. The summed E-state index contributed by atoms with van der Waals surface area (Å²) < 4.78 is 25.2.